The summed E-state index contributed by atoms with van der Waals surface area (Å²) in [5.74, 6) is 1.69. The normalized spacial score (nSPS) is 11.9. The van der Waals surface area contributed by atoms with Gasteiger partial charge in [-0.05, 0) is 66.7 Å². The maximum Gasteiger partial charge on any atom is 0.238 e. The van der Waals surface area contributed by atoms with E-state index in [9.17, 15) is 0 Å². The fourth-order valence-corrected chi connectivity index (χ4v) is 8.58. The van der Waals surface area contributed by atoms with E-state index in [0.29, 0.717) is 17.6 Å². The van der Waals surface area contributed by atoms with E-state index in [1.807, 2.05) is 54.9 Å². The van der Waals surface area contributed by atoms with Crippen molar-refractivity contribution in [3.05, 3.63) is 182 Å². The molecule has 8 nitrogen and oxygen atoms in total. The maximum absolute atomic E-state index is 5.39. The second-order valence-electron chi connectivity index (χ2n) is 14.2. The van der Waals surface area contributed by atoms with Gasteiger partial charge in [-0.25, -0.2) is 4.98 Å². The fraction of sp³-hybridized carbons (Fsp3) is 0. The molecule has 6 aromatic carbocycles. The third kappa shape index (κ3) is 4.71. The Balaban J connectivity index is 1.20. The van der Waals surface area contributed by atoms with Crippen molar-refractivity contribution in [2.45, 2.75) is 0 Å². The van der Waals surface area contributed by atoms with Crippen molar-refractivity contribution < 1.29 is 0 Å². The standard InChI is InChI=1S/C49H30N8/c1-2-14-31(15-3-1)47-52-48(54-49(53-47)57-38-20-8-4-16-33(38)34-17-5-9-21-39(34)57)37-27-26-32(55-40-22-10-6-18-35(40)45-42(55)24-12-28-50-45)30-44(37)56-41-23-11-7-19-36(41)46-43(56)25-13-29-51-46/h1-30H. The molecular formula is C49H30N8. The Morgan fingerprint density at radius 3 is 1.47 bits per heavy atom. The summed E-state index contributed by atoms with van der Waals surface area (Å²) in [4.78, 5) is 25.6. The van der Waals surface area contributed by atoms with Crippen molar-refractivity contribution in [1.82, 2.24) is 38.6 Å². The highest BCUT2D eigenvalue weighted by Gasteiger charge is 2.23. The van der Waals surface area contributed by atoms with Gasteiger partial charge in [-0.1, -0.05) is 103 Å². The molecule has 0 fully saturated rings. The van der Waals surface area contributed by atoms with Crippen molar-refractivity contribution in [3.8, 4) is 40.1 Å². The summed E-state index contributed by atoms with van der Waals surface area (Å²) in [6, 6.07) is 58.7. The number of hydrogen-bond donors (Lipinski definition) is 0. The lowest BCUT2D eigenvalue weighted by molar-refractivity contribution is 0.951. The van der Waals surface area contributed by atoms with Gasteiger partial charge < -0.3 is 9.13 Å². The second-order valence-corrected chi connectivity index (χ2v) is 14.2. The van der Waals surface area contributed by atoms with Crippen LogP contribution in [0.4, 0.5) is 0 Å². The number of nitrogens with zero attached hydrogens (tertiary/aromatic N) is 8. The summed E-state index contributed by atoms with van der Waals surface area (Å²) in [5, 5.41) is 4.44. The lowest BCUT2D eigenvalue weighted by Crippen LogP contribution is -2.08. The van der Waals surface area contributed by atoms with Gasteiger partial charge in [-0.15, -0.1) is 0 Å². The first kappa shape index (κ1) is 31.4. The quantitative estimate of drug-likeness (QED) is 0.176. The van der Waals surface area contributed by atoms with Gasteiger partial charge in [-0.3, -0.25) is 14.5 Å². The molecule has 12 rings (SSSR count). The average Bonchev–Trinajstić information content (AvgIpc) is 3.92. The second kappa shape index (κ2) is 12.3. The van der Waals surface area contributed by atoms with E-state index in [0.717, 1.165) is 88.2 Å². The van der Waals surface area contributed by atoms with Crippen LogP contribution in [0.1, 0.15) is 0 Å². The summed E-state index contributed by atoms with van der Waals surface area (Å²) in [6.45, 7) is 0. The van der Waals surface area contributed by atoms with Gasteiger partial charge in [0.15, 0.2) is 11.6 Å². The molecule has 0 aliphatic carbocycles. The molecule has 57 heavy (non-hydrogen) atoms. The van der Waals surface area contributed by atoms with E-state index in [1.54, 1.807) is 0 Å². The van der Waals surface area contributed by atoms with E-state index < -0.39 is 0 Å². The average molecular weight is 731 g/mol. The highest BCUT2D eigenvalue weighted by atomic mass is 15.2. The van der Waals surface area contributed by atoms with Crippen molar-refractivity contribution >= 4 is 65.7 Å². The van der Waals surface area contributed by atoms with Crippen LogP contribution in [0.3, 0.4) is 0 Å². The Bertz CT molecular complexity index is 3380. The molecule has 0 saturated heterocycles. The lowest BCUT2D eigenvalue weighted by Gasteiger charge is -2.17. The first-order chi connectivity index (χ1) is 28.3. The van der Waals surface area contributed by atoms with Crippen LogP contribution >= 0.6 is 0 Å². The van der Waals surface area contributed by atoms with Crippen LogP contribution in [0.2, 0.25) is 0 Å². The molecule has 0 aliphatic heterocycles. The van der Waals surface area contributed by atoms with Gasteiger partial charge in [0.25, 0.3) is 0 Å². The number of pyridine rings is 2. The van der Waals surface area contributed by atoms with Crippen molar-refractivity contribution in [1.29, 1.82) is 0 Å². The zero-order valence-corrected chi connectivity index (χ0v) is 30.4. The summed E-state index contributed by atoms with van der Waals surface area (Å²) in [7, 11) is 0. The summed E-state index contributed by atoms with van der Waals surface area (Å²) >= 11 is 0. The minimum atomic E-state index is 0.545. The minimum Gasteiger partial charge on any atom is -0.308 e. The van der Waals surface area contributed by atoms with Crippen molar-refractivity contribution in [2.24, 2.45) is 0 Å². The number of hydrogen-bond acceptors (Lipinski definition) is 5. The van der Waals surface area contributed by atoms with Gasteiger partial charge in [0.1, 0.15) is 0 Å². The van der Waals surface area contributed by atoms with Crippen molar-refractivity contribution in [2.75, 3.05) is 0 Å². The van der Waals surface area contributed by atoms with Crippen LogP contribution in [0, 0.1) is 0 Å². The van der Waals surface area contributed by atoms with E-state index >= 15 is 0 Å². The van der Waals surface area contributed by atoms with Crippen LogP contribution < -0.4 is 0 Å². The first-order valence-corrected chi connectivity index (χ1v) is 18.9. The van der Waals surface area contributed by atoms with Crippen LogP contribution in [-0.4, -0.2) is 38.6 Å². The summed E-state index contributed by atoms with van der Waals surface area (Å²) < 4.78 is 6.75. The first-order valence-electron chi connectivity index (χ1n) is 18.9. The Morgan fingerprint density at radius 1 is 0.351 bits per heavy atom. The summed E-state index contributed by atoms with van der Waals surface area (Å²) in [6.07, 6.45) is 3.72. The number of fused-ring (bicyclic) bond motifs is 9. The molecule has 0 bridgehead atoms. The van der Waals surface area contributed by atoms with E-state index in [4.69, 9.17) is 24.9 Å². The Kier molecular flexibility index (Phi) is 6.76. The minimum absolute atomic E-state index is 0.545. The molecule has 0 N–H and O–H groups in total. The molecule has 0 aliphatic rings. The maximum atomic E-state index is 5.39. The zero-order valence-electron chi connectivity index (χ0n) is 30.4. The number of benzene rings is 6. The monoisotopic (exact) mass is 730 g/mol. The van der Waals surface area contributed by atoms with E-state index in [-0.39, 0.29) is 0 Å². The van der Waals surface area contributed by atoms with Crippen molar-refractivity contribution in [3.63, 3.8) is 0 Å². The fourth-order valence-electron chi connectivity index (χ4n) is 8.58. The molecular weight excluding hydrogens is 701 g/mol. The molecule has 0 saturated carbocycles. The summed E-state index contributed by atoms with van der Waals surface area (Å²) in [5.41, 5.74) is 11.7. The van der Waals surface area contributed by atoms with Gasteiger partial charge in [0, 0.05) is 50.8 Å². The zero-order chi connectivity index (χ0) is 37.5. The molecule has 266 valence electrons. The SMILES string of the molecule is c1ccc(-c2nc(-c3ccc(-n4c5ccccc5c5ncccc54)cc3-n3c4ccccc4c4ncccc43)nc(-n3c4ccccc4c4ccccc43)n2)cc1. The third-order valence-corrected chi connectivity index (χ3v) is 11.0. The van der Waals surface area contributed by atoms with Crippen LogP contribution in [0.15, 0.2) is 182 Å². The molecule has 0 radical (unpaired) electrons. The lowest BCUT2D eigenvalue weighted by atomic mass is 10.1. The third-order valence-electron chi connectivity index (χ3n) is 11.0. The molecule has 6 aromatic heterocycles. The number of para-hydroxylation sites is 4. The molecule has 8 heteroatoms. The van der Waals surface area contributed by atoms with E-state index in [2.05, 4.69) is 141 Å². The Labute approximate surface area is 325 Å². The van der Waals surface area contributed by atoms with Gasteiger partial charge in [0.05, 0.1) is 49.8 Å². The highest BCUT2D eigenvalue weighted by molar-refractivity contribution is 6.10. The number of aromatic nitrogens is 8. The van der Waals surface area contributed by atoms with Crippen LogP contribution in [0.25, 0.3) is 106 Å². The largest absolute Gasteiger partial charge is 0.308 e. The molecule has 0 unspecified atom stereocenters. The van der Waals surface area contributed by atoms with Crippen LogP contribution in [-0.2, 0) is 0 Å². The highest BCUT2D eigenvalue weighted by Crippen LogP contribution is 2.39. The van der Waals surface area contributed by atoms with Crippen LogP contribution in [0.5, 0.6) is 0 Å². The van der Waals surface area contributed by atoms with Gasteiger partial charge >= 0.3 is 0 Å². The van der Waals surface area contributed by atoms with Gasteiger partial charge in [0.2, 0.25) is 5.95 Å². The molecule has 12 aromatic rings. The Morgan fingerprint density at radius 2 is 0.842 bits per heavy atom. The molecule has 0 amide bonds. The van der Waals surface area contributed by atoms with E-state index in [1.165, 1.54) is 0 Å². The molecule has 6 heterocycles. The predicted octanol–water partition coefficient (Wildman–Crippen LogP) is 11.3. The smallest absolute Gasteiger partial charge is 0.238 e. The van der Waals surface area contributed by atoms with Gasteiger partial charge in [-0.2, -0.15) is 9.97 Å². The molecule has 0 spiro atoms. The predicted molar refractivity (Wildman–Crippen MR) is 229 cm³/mol. The Hall–Kier alpha value is -7.97. The molecule has 0 atom stereocenters. The number of rotatable bonds is 5. The topological polar surface area (TPSA) is 79.2 Å².